The number of aromatic nitrogens is 4. The van der Waals surface area contributed by atoms with Crippen LogP contribution in [0.1, 0.15) is 32.6 Å². The van der Waals surface area contributed by atoms with Crippen molar-refractivity contribution in [2.45, 2.75) is 45.8 Å². The summed E-state index contributed by atoms with van der Waals surface area (Å²) in [4.78, 5) is 12.5. The van der Waals surface area contributed by atoms with Crippen molar-refractivity contribution in [3.05, 3.63) is 47.5 Å². The van der Waals surface area contributed by atoms with Gasteiger partial charge in [-0.15, -0.1) is 0 Å². The van der Waals surface area contributed by atoms with Crippen molar-refractivity contribution < 1.29 is 32.7 Å². The van der Waals surface area contributed by atoms with Gasteiger partial charge in [-0.1, -0.05) is 37.3 Å². The molecule has 3 heterocycles. The standard InChI is InChI=1S/C23H31ClN5O7P/c1-4-33-37(31,34-5-2)35-12-16-18(30)23(3,13-32-11-15-9-7-6-8-10-15)21(36-16)29-14-26-17-19(25)27-22(24)28-20(17)29/h6-10,14,16,18,21,30H,4-5,11-13H2,1-3H3,(H2,25,27,28)/t16-,18-,21-,23-/m1/s1. The topological polar surface area (TPSA) is 153 Å². The van der Waals surface area contributed by atoms with Gasteiger partial charge in [0.2, 0.25) is 5.28 Å². The Hall–Kier alpha value is -2.15. The van der Waals surface area contributed by atoms with Crippen LogP contribution >= 0.6 is 19.4 Å². The van der Waals surface area contributed by atoms with Gasteiger partial charge in [0, 0.05) is 0 Å². The lowest BCUT2D eigenvalue weighted by atomic mass is 9.83. The molecule has 0 radical (unpaired) electrons. The highest BCUT2D eigenvalue weighted by molar-refractivity contribution is 7.48. The van der Waals surface area contributed by atoms with Crippen molar-refractivity contribution in [1.82, 2.24) is 19.5 Å². The summed E-state index contributed by atoms with van der Waals surface area (Å²) in [5.74, 6) is 0.114. The Morgan fingerprint density at radius 3 is 2.57 bits per heavy atom. The number of rotatable bonds is 12. The number of nitrogen functional groups attached to an aromatic ring is 1. The molecule has 0 spiro atoms. The van der Waals surface area contributed by atoms with E-state index in [1.165, 1.54) is 6.33 Å². The molecule has 14 heteroatoms. The number of hydrogen-bond donors (Lipinski definition) is 2. The fourth-order valence-electron chi connectivity index (χ4n) is 4.27. The molecule has 4 atom stereocenters. The Morgan fingerprint density at radius 1 is 1.19 bits per heavy atom. The molecule has 0 unspecified atom stereocenters. The summed E-state index contributed by atoms with van der Waals surface area (Å²) >= 11 is 6.06. The predicted molar refractivity (Wildman–Crippen MR) is 136 cm³/mol. The molecule has 1 aliphatic heterocycles. The van der Waals surface area contributed by atoms with Crippen molar-refractivity contribution in [2.75, 3.05) is 32.2 Å². The van der Waals surface area contributed by atoms with Gasteiger partial charge in [-0.2, -0.15) is 9.97 Å². The van der Waals surface area contributed by atoms with E-state index in [0.717, 1.165) is 5.56 Å². The Labute approximate surface area is 219 Å². The van der Waals surface area contributed by atoms with E-state index in [9.17, 15) is 9.67 Å². The van der Waals surface area contributed by atoms with E-state index in [-0.39, 0.29) is 37.5 Å². The third-order valence-electron chi connectivity index (χ3n) is 6.07. The molecule has 0 amide bonds. The molecular formula is C23H31ClN5O7P. The SMILES string of the molecule is CCOP(=O)(OCC)OC[C@H]1O[C@@H](n2cnc3c(N)nc(Cl)nc32)[C@](C)(COCc2ccccc2)[C@@H]1O. The maximum Gasteiger partial charge on any atom is 0.474 e. The average Bonchev–Trinajstić information content (AvgIpc) is 3.38. The molecule has 0 bridgehead atoms. The fraction of sp³-hybridized carbons (Fsp3) is 0.522. The van der Waals surface area contributed by atoms with Gasteiger partial charge in [0.15, 0.2) is 11.5 Å². The monoisotopic (exact) mass is 555 g/mol. The normalized spacial score (nSPS) is 24.2. The minimum atomic E-state index is -3.83. The van der Waals surface area contributed by atoms with Crippen LogP contribution in [0.2, 0.25) is 5.28 Å². The van der Waals surface area contributed by atoms with E-state index < -0.39 is 31.7 Å². The van der Waals surface area contributed by atoms with E-state index in [1.54, 1.807) is 18.4 Å². The zero-order valence-corrected chi connectivity index (χ0v) is 22.5. The highest BCUT2D eigenvalue weighted by atomic mass is 35.5. The van der Waals surface area contributed by atoms with Crippen LogP contribution in [0.5, 0.6) is 0 Å². The van der Waals surface area contributed by atoms with Crippen molar-refractivity contribution in [2.24, 2.45) is 5.41 Å². The van der Waals surface area contributed by atoms with Gasteiger partial charge < -0.3 is 20.3 Å². The zero-order valence-electron chi connectivity index (χ0n) is 20.8. The Balaban J connectivity index is 1.62. The first-order valence-corrected chi connectivity index (χ1v) is 13.7. The number of phosphoric ester groups is 1. The molecule has 202 valence electrons. The van der Waals surface area contributed by atoms with Crippen LogP contribution in [0.3, 0.4) is 0 Å². The number of nitrogens with two attached hydrogens (primary N) is 1. The number of anilines is 1. The summed E-state index contributed by atoms with van der Waals surface area (Å²) in [6, 6.07) is 9.66. The predicted octanol–water partition coefficient (Wildman–Crippen LogP) is 3.74. The van der Waals surface area contributed by atoms with Gasteiger partial charge in [0.25, 0.3) is 0 Å². The number of aliphatic hydroxyl groups is 1. The van der Waals surface area contributed by atoms with Crippen LogP contribution in [0, 0.1) is 5.41 Å². The fourth-order valence-corrected chi connectivity index (χ4v) is 5.63. The van der Waals surface area contributed by atoms with Gasteiger partial charge in [-0.3, -0.25) is 18.1 Å². The third kappa shape index (κ3) is 5.97. The molecule has 3 aromatic rings. The molecule has 1 aromatic carbocycles. The summed E-state index contributed by atoms with van der Waals surface area (Å²) in [6.07, 6.45) is -1.33. The van der Waals surface area contributed by atoms with Crippen molar-refractivity contribution >= 4 is 36.4 Å². The maximum absolute atomic E-state index is 12.8. The summed E-state index contributed by atoms with van der Waals surface area (Å²) < 4.78 is 42.7. The van der Waals surface area contributed by atoms with Crippen molar-refractivity contribution in [3.8, 4) is 0 Å². The molecule has 0 aliphatic carbocycles. The quantitative estimate of drug-likeness (QED) is 0.248. The van der Waals surface area contributed by atoms with Gasteiger partial charge in [0.05, 0.1) is 50.9 Å². The molecule has 1 saturated heterocycles. The number of hydrogen-bond acceptors (Lipinski definition) is 11. The molecule has 2 aromatic heterocycles. The number of aliphatic hydroxyl groups excluding tert-OH is 1. The number of fused-ring (bicyclic) bond motifs is 1. The number of phosphoric acid groups is 1. The number of nitrogens with zero attached hydrogens (tertiary/aromatic N) is 4. The largest absolute Gasteiger partial charge is 0.474 e. The molecule has 37 heavy (non-hydrogen) atoms. The molecule has 0 saturated carbocycles. The second kappa shape index (κ2) is 11.7. The van der Waals surface area contributed by atoms with Crippen LogP contribution in [-0.2, 0) is 34.2 Å². The summed E-state index contributed by atoms with van der Waals surface area (Å²) in [6.45, 7) is 5.60. The molecule has 3 N–H and O–H groups in total. The lowest BCUT2D eigenvalue weighted by molar-refractivity contribution is -0.0743. The van der Waals surface area contributed by atoms with E-state index in [0.29, 0.717) is 17.8 Å². The number of halogens is 1. The van der Waals surface area contributed by atoms with Gasteiger partial charge in [0.1, 0.15) is 17.8 Å². The van der Waals surface area contributed by atoms with Gasteiger partial charge in [-0.05, 0) is 31.0 Å². The molecule has 4 rings (SSSR count). The second-order valence-corrected chi connectivity index (χ2v) is 10.7. The van der Waals surface area contributed by atoms with E-state index >= 15 is 0 Å². The smallest absolute Gasteiger partial charge is 0.389 e. The van der Waals surface area contributed by atoms with Crippen LogP contribution in [0.15, 0.2) is 36.7 Å². The lowest BCUT2D eigenvalue weighted by Gasteiger charge is -2.33. The molecule has 1 aliphatic rings. The highest BCUT2D eigenvalue weighted by Crippen LogP contribution is 2.52. The first-order valence-electron chi connectivity index (χ1n) is 11.8. The van der Waals surface area contributed by atoms with Crippen molar-refractivity contribution in [1.29, 1.82) is 0 Å². The zero-order chi connectivity index (χ0) is 26.6. The maximum atomic E-state index is 12.8. The van der Waals surface area contributed by atoms with E-state index in [4.69, 9.17) is 40.4 Å². The van der Waals surface area contributed by atoms with Gasteiger partial charge >= 0.3 is 7.82 Å². The molecular weight excluding hydrogens is 525 g/mol. The van der Waals surface area contributed by atoms with Crippen LogP contribution in [0.4, 0.5) is 5.82 Å². The highest BCUT2D eigenvalue weighted by Gasteiger charge is 2.55. The van der Waals surface area contributed by atoms with Crippen LogP contribution in [-0.4, -0.2) is 63.3 Å². The number of imidazole rings is 1. The Morgan fingerprint density at radius 2 is 1.89 bits per heavy atom. The first kappa shape index (κ1) is 27.9. The second-order valence-electron chi connectivity index (χ2n) is 8.74. The molecule has 1 fully saturated rings. The first-order chi connectivity index (χ1) is 17.7. The molecule has 12 nitrogen and oxygen atoms in total. The number of benzene rings is 1. The van der Waals surface area contributed by atoms with Crippen LogP contribution < -0.4 is 5.73 Å². The van der Waals surface area contributed by atoms with Gasteiger partial charge in [-0.25, -0.2) is 9.55 Å². The summed E-state index contributed by atoms with van der Waals surface area (Å²) in [5, 5.41) is 11.4. The van der Waals surface area contributed by atoms with Crippen molar-refractivity contribution in [3.63, 3.8) is 0 Å². The minimum absolute atomic E-state index is 0.0541. The summed E-state index contributed by atoms with van der Waals surface area (Å²) in [5.41, 5.74) is 6.62. The van der Waals surface area contributed by atoms with Crippen LogP contribution in [0.25, 0.3) is 11.2 Å². The third-order valence-corrected chi connectivity index (χ3v) is 7.85. The summed E-state index contributed by atoms with van der Waals surface area (Å²) in [7, 11) is -3.83. The van der Waals surface area contributed by atoms with E-state index in [2.05, 4.69) is 15.0 Å². The Kier molecular flexibility index (Phi) is 8.82. The lowest BCUT2D eigenvalue weighted by Crippen LogP contribution is -2.42. The van der Waals surface area contributed by atoms with E-state index in [1.807, 2.05) is 37.3 Å². The Bertz CT molecular complexity index is 1240. The number of ether oxygens (including phenoxy) is 2. The average molecular weight is 556 g/mol. The minimum Gasteiger partial charge on any atom is -0.389 e.